The Hall–Kier alpha value is -1.38. The Kier molecular flexibility index (Phi) is 6.03. The predicted molar refractivity (Wildman–Crippen MR) is 82.7 cm³/mol. The van der Waals surface area contributed by atoms with E-state index in [0.29, 0.717) is 0 Å². The zero-order chi connectivity index (χ0) is 14.2. The molecule has 0 bridgehead atoms. The molecule has 0 radical (unpaired) electrons. The predicted octanol–water partition coefficient (Wildman–Crippen LogP) is 4.33. The zero-order valence-electron chi connectivity index (χ0n) is 12.5. The molecule has 1 saturated carbocycles. The first-order chi connectivity index (χ1) is 9.79. The Morgan fingerprint density at radius 2 is 1.80 bits per heavy atom. The molecule has 20 heavy (non-hydrogen) atoms. The highest BCUT2D eigenvalue weighted by Crippen LogP contribution is 2.23. The normalized spacial score (nSPS) is 17.9. The van der Waals surface area contributed by atoms with Crippen LogP contribution in [0.5, 0.6) is 0 Å². The fourth-order valence-corrected chi connectivity index (χ4v) is 2.89. The Labute approximate surface area is 122 Å². The third-order valence-corrected chi connectivity index (χ3v) is 4.20. The first-order valence-electron chi connectivity index (χ1n) is 8.04. The number of carbonyl (C=O) groups is 1. The molecule has 1 aliphatic rings. The molecule has 1 aromatic heterocycles. The third kappa shape index (κ3) is 4.62. The molecule has 0 spiro atoms. The number of rotatable bonds is 3. The minimum Gasteiger partial charge on any atom is -0.324 e. The van der Waals surface area contributed by atoms with Gasteiger partial charge in [-0.1, -0.05) is 45.4 Å². The molecular formula is C17H26N2O. The van der Waals surface area contributed by atoms with Crippen molar-refractivity contribution in [1.29, 1.82) is 0 Å². The van der Waals surface area contributed by atoms with Gasteiger partial charge < -0.3 is 5.32 Å². The molecule has 0 saturated heterocycles. The summed E-state index contributed by atoms with van der Waals surface area (Å²) in [5.41, 5.74) is 2.01. The number of hydrogen-bond donors (Lipinski definition) is 1. The molecule has 0 unspecified atom stereocenters. The minimum atomic E-state index is 0.179. The molecule has 2 rings (SSSR count). The number of nitrogens with zero attached hydrogens (tertiary/aromatic N) is 1. The Bertz CT molecular complexity index is 421. The van der Waals surface area contributed by atoms with Gasteiger partial charge in [-0.15, -0.1) is 0 Å². The Balaban J connectivity index is 1.94. The van der Waals surface area contributed by atoms with Crippen molar-refractivity contribution in [2.45, 2.75) is 64.7 Å². The van der Waals surface area contributed by atoms with Gasteiger partial charge in [0, 0.05) is 12.1 Å². The molecule has 0 aliphatic heterocycles. The molecule has 110 valence electrons. The van der Waals surface area contributed by atoms with Gasteiger partial charge in [0.1, 0.15) is 0 Å². The summed E-state index contributed by atoms with van der Waals surface area (Å²) >= 11 is 0. The van der Waals surface area contributed by atoms with Crippen LogP contribution >= 0.6 is 0 Å². The van der Waals surface area contributed by atoms with Crippen LogP contribution in [-0.2, 0) is 11.2 Å². The van der Waals surface area contributed by atoms with Crippen LogP contribution in [0.15, 0.2) is 18.5 Å². The third-order valence-electron chi connectivity index (χ3n) is 4.20. The number of anilines is 1. The van der Waals surface area contributed by atoms with Crippen molar-refractivity contribution in [3.8, 4) is 0 Å². The number of hydrogen-bond acceptors (Lipinski definition) is 2. The molecule has 1 aliphatic carbocycles. The van der Waals surface area contributed by atoms with E-state index in [-0.39, 0.29) is 11.8 Å². The van der Waals surface area contributed by atoms with E-state index in [2.05, 4.69) is 17.2 Å². The molecule has 3 nitrogen and oxygen atoms in total. The number of aromatic nitrogens is 1. The van der Waals surface area contributed by atoms with E-state index < -0.39 is 0 Å². The lowest BCUT2D eigenvalue weighted by Gasteiger charge is -2.16. The van der Waals surface area contributed by atoms with Crippen LogP contribution in [0.3, 0.4) is 0 Å². The highest BCUT2D eigenvalue weighted by molar-refractivity contribution is 5.92. The monoisotopic (exact) mass is 274 g/mol. The van der Waals surface area contributed by atoms with Crippen molar-refractivity contribution in [1.82, 2.24) is 4.98 Å². The largest absolute Gasteiger partial charge is 0.324 e. The van der Waals surface area contributed by atoms with Gasteiger partial charge in [0.25, 0.3) is 0 Å². The van der Waals surface area contributed by atoms with E-state index >= 15 is 0 Å². The fourth-order valence-electron chi connectivity index (χ4n) is 2.89. The standard InChI is InChI=1S/C17H26N2O/c1-2-14-11-16(13-18-12-14)19-17(20)15-9-7-5-3-4-6-8-10-15/h11-13,15H,2-10H2,1H3,(H,19,20). The number of amides is 1. The average molecular weight is 274 g/mol. The van der Waals surface area contributed by atoms with Gasteiger partial charge in [-0.05, 0) is 30.9 Å². The van der Waals surface area contributed by atoms with Gasteiger partial charge in [-0.2, -0.15) is 0 Å². The fraction of sp³-hybridized carbons (Fsp3) is 0.647. The van der Waals surface area contributed by atoms with Crippen molar-refractivity contribution in [2.75, 3.05) is 5.32 Å². The summed E-state index contributed by atoms with van der Waals surface area (Å²) in [7, 11) is 0. The van der Waals surface area contributed by atoms with Crippen LogP contribution in [0.1, 0.15) is 63.9 Å². The average Bonchev–Trinajstić information content (AvgIpc) is 2.61. The van der Waals surface area contributed by atoms with E-state index in [9.17, 15) is 4.79 Å². The SMILES string of the molecule is CCc1cncc(NC(=O)C2CCCCCCCC2)c1. The lowest BCUT2D eigenvalue weighted by Crippen LogP contribution is -2.23. The second-order valence-corrected chi connectivity index (χ2v) is 5.82. The van der Waals surface area contributed by atoms with Gasteiger partial charge in [0.05, 0.1) is 11.9 Å². The maximum absolute atomic E-state index is 12.4. The van der Waals surface area contributed by atoms with Crippen LogP contribution in [0, 0.1) is 5.92 Å². The molecule has 1 amide bonds. The summed E-state index contributed by atoms with van der Waals surface area (Å²) in [6, 6.07) is 2.03. The van der Waals surface area contributed by atoms with E-state index in [0.717, 1.165) is 30.5 Å². The van der Waals surface area contributed by atoms with Crippen LogP contribution in [-0.4, -0.2) is 10.9 Å². The number of aryl methyl sites for hydroxylation is 1. The number of carbonyl (C=O) groups excluding carboxylic acids is 1. The van der Waals surface area contributed by atoms with Crippen molar-refractivity contribution in [3.63, 3.8) is 0 Å². The lowest BCUT2D eigenvalue weighted by atomic mass is 9.96. The van der Waals surface area contributed by atoms with E-state index in [4.69, 9.17) is 0 Å². The summed E-state index contributed by atoms with van der Waals surface area (Å²) in [6.45, 7) is 2.10. The van der Waals surface area contributed by atoms with Crippen LogP contribution in [0.2, 0.25) is 0 Å². The zero-order valence-corrected chi connectivity index (χ0v) is 12.5. The highest BCUT2D eigenvalue weighted by Gasteiger charge is 2.19. The molecular weight excluding hydrogens is 248 g/mol. The minimum absolute atomic E-state index is 0.179. The van der Waals surface area contributed by atoms with Crippen molar-refractivity contribution >= 4 is 11.6 Å². The topological polar surface area (TPSA) is 42.0 Å². The maximum atomic E-state index is 12.4. The maximum Gasteiger partial charge on any atom is 0.227 e. The van der Waals surface area contributed by atoms with Gasteiger partial charge in [0.15, 0.2) is 0 Å². The summed E-state index contributed by atoms with van der Waals surface area (Å²) in [4.78, 5) is 16.6. The first kappa shape index (κ1) is 15.0. The second kappa shape index (κ2) is 8.03. The van der Waals surface area contributed by atoms with Crippen LogP contribution in [0.4, 0.5) is 5.69 Å². The van der Waals surface area contributed by atoms with Gasteiger partial charge in [0.2, 0.25) is 5.91 Å². The summed E-state index contributed by atoms with van der Waals surface area (Å²) < 4.78 is 0. The molecule has 0 aromatic carbocycles. The Morgan fingerprint density at radius 3 is 2.45 bits per heavy atom. The van der Waals surface area contributed by atoms with E-state index in [1.807, 2.05) is 12.3 Å². The molecule has 1 heterocycles. The van der Waals surface area contributed by atoms with Crippen molar-refractivity contribution in [3.05, 3.63) is 24.0 Å². The van der Waals surface area contributed by atoms with Gasteiger partial charge in [-0.3, -0.25) is 9.78 Å². The van der Waals surface area contributed by atoms with Crippen molar-refractivity contribution in [2.24, 2.45) is 5.92 Å². The number of nitrogens with one attached hydrogen (secondary N) is 1. The number of pyridine rings is 1. The Morgan fingerprint density at radius 1 is 1.15 bits per heavy atom. The highest BCUT2D eigenvalue weighted by atomic mass is 16.1. The van der Waals surface area contributed by atoms with Crippen LogP contribution < -0.4 is 5.32 Å². The van der Waals surface area contributed by atoms with E-state index in [1.165, 1.54) is 38.5 Å². The first-order valence-corrected chi connectivity index (χ1v) is 8.04. The lowest BCUT2D eigenvalue weighted by molar-refractivity contribution is -0.120. The summed E-state index contributed by atoms with van der Waals surface area (Å²) in [6.07, 6.45) is 14.2. The summed E-state index contributed by atoms with van der Waals surface area (Å²) in [5.74, 6) is 0.361. The molecule has 1 fully saturated rings. The van der Waals surface area contributed by atoms with E-state index in [1.54, 1.807) is 6.20 Å². The second-order valence-electron chi connectivity index (χ2n) is 5.82. The van der Waals surface area contributed by atoms with Gasteiger partial charge >= 0.3 is 0 Å². The smallest absolute Gasteiger partial charge is 0.227 e. The molecule has 1 aromatic rings. The quantitative estimate of drug-likeness (QED) is 0.891. The summed E-state index contributed by atoms with van der Waals surface area (Å²) in [5, 5.41) is 3.05. The van der Waals surface area contributed by atoms with Crippen molar-refractivity contribution < 1.29 is 4.79 Å². The molecule has 3 heteroatoms. The van der Waals surface area contributed by atoms with Crippen LogP contribution in [0.25, 0.3) is 0 Å². The molecule has 1 N–H and O–H groups in total. The van der Waals surface area contributed by atoms with Gasteiger partial charge in [-0.25, -0.2) is 0 Å². The molecule has 0 atom stereocenters.